The van der Waals surface area contributed by atoms with Gasteiger partial charge in [0.25, 0.3) is 0 Å². The van der Waals surface area contributed by atoms with Gasteiger partial charge in [-0.1, -0.05) is 6.07 Å². The standard InChI is InChI=1S/C12H15NO6/c1-19-6-11(16)13-8(12(17)18)4-7-2-3-9(14)10(15)5-7/h2-3,5,8,14-15H,4,6H2,1H3,(H,13,16)(H,17,18). The van der Waals surface area contributed by atoms with Crippen LogP contribution < -0.4 is 5.32 Å². The number of carboxylic acid groups (broad SMARTS) is 1. The Morgan fingerprint density at radius 1 is 1.32 bits per heavy atom. The highest BCUT2D eigenvalue weighted by molar-refractivity contribution is 5.84. The molecule has 104 valence electrons. The summed E-state index contributed by atoms with van der Waals surface area (Å²) in [5.74, 6) is -2.38. The molecule has 0 spiro atoms. The average Bonchev–Trinajstić information content (AvgIpc) is 2.33. The Hall–Kier alpha value is -2.28. The molecular weight excluding hydrogens is 254 g/mol. The largest absolute Gasteiger partial charge is 0.504 e. The van der Waals surface area contributed by atoms with Crippen molar-refractivity contribution >= 4 is 11.9 Å². The Morgan fingerprint density at radius 3 is 2.53 bits per heavy atom. The second-order valence-electron chi connectivity index (χ2n) is 3.92. The number of aliphatic carboxylic acids is 1. The summed E-state index contributed by atoms with van der Waals surface area (Å²) in [5, 5.41) is 29.8. The maximum atomic E-state index is 11.3. The van der Waals surface area contributed by atoms with E-state index < -0.39 is 17.9 Å². The molecule has 0 aromatic heterocycles. The van der Waals surface area contributed by atoms with E-state index in [9.17, 15) is 14.7 Å². The smallest absolute Gasteiger partial charge is 0.326 e. The zero-order chi connectivity index (χ0) is 14.4. The maximum absolute atomic E-state index is 11.3. The van der Waals surface area contributed by atoms with Crippen LogP contribution in [0, 0.1) is 0 Å². The van der Waals surface area contributed by atoms with Crippen LogP contribution in [0.5, 0.6) is 11.5 Å². The predicted molar refractivity (Wildman–Crippen MR) is 64.9 cm³/mol. The minimum atomic E-state index is -1.20. The summed E-state index contributed by atoms with van der Waals surface area (Å²) < 4.78 is 4.59. The molecule has 1 unspecified atom stereocenters. The third kappa shape index (κ3) is 4.47. The van der Waals surface area contributed by atoms with Crippen LogP contribution in [0.2, 0.25) is 0 Å². The van der Waals surface area contributed by atoms with Crippen LogP contribution in [-0.2, 0) is 20.7 Å². The molecular formula is C12H15NO6. The van der Waals surface area contributed by atoms with Crippen molar-refractivity contribution in [3.8, 4) is 11.5 Å². The number of phenolic OH excluding ortho intramolecular Hbond substituents is 2. The number of phenols is 2. The number of amides is 1. The minimum absolute atomic E-state index is 0.0153. The van der Waals surface area contributed by atoms with Crippen LogP contribution in [0.25, 0.3) is 0 Å². The summed E-state index contributed by atoms with van der Waals surface area (Å²) in [6.45, 7) is -0.232. The lowest BCUT2D eigenvalue weighted by Gasteiger charge is -2.14. The Kier molecular flexibility index (Phi) is 5.13. The molecule has 0 fully saturated rings. The molecule has 0 saturated heterocycles. The van der Waals surface area contributed by atoms with Crippen molar-refractivity contribution < 1.29 is 29.6 Å². The normalized spacial score (nSPS) is 11.8. The first-order valence-electron chi connectivity index (χ1n) is 5.46. The van der Waals surface area contributed by atoms with E-state index in [4.69, 9.17) is 10.2 Å². The molecule has 1 rings (SSSR count). The van der Waals surface area contributed by atoms with Gasteiger partial charge in [0.1, 0.15) is 12.6 Å². The van der Waals surface area contributed by atoms with E-state index in [2.05, 4.69) is 10.1 Å². The number of methoxy groups -OCH3 is 1. The number of carbonyl (C=O) groups excluding carboxylic acids is 1. The molecule has 7 nitrogen and oxygen atoms in total. The van der Waals surface area contributed by atoms with E-state index >= 15 is 0 Å². The molecule has 0 aliphatic heterocycles. The quantitative estimate of drug-likeness (QED) is 0.534. The van der Waals surface area contributed by atoms with Gasteiger partial charge in [-0.2, -0.15) is 0 Å². The minimum Gasteiger partial charge on any atom is -0.504 e. The van der Waals surface area contributed by atoms with Crippen LogP contribution in [-0.4, -0.2) is 47.0 Å². The molecule has 1 atom stereocenters. The lowest BCUT2D eigenvalue weighted by atomic mass is 10.1. The van der Waals surface area contributed by atoms with Crippen LogP contribution in [0.1, 0.15) is 5.56 Å². The van der Waals surface area contributed by atoms with Crippen molar-refractivity contribution in [1.29, 1.82) is 0 Å². The lowest BCUT2D eigenvalue weighted by Crippen LogP contribution is -2.43. The van der Waals surface area contributed by atoms with Gasteiger partial charge < -0.3 is 25.4 Å². The summed E-state index contributed by atoms with van der Waals surface area (Å²) in [6.07, 6.45) is -0.0153. The van der Waals surface area contributed by atoms with Gasteiger partial charge in [-0.15, -0.1) is 0 Å². The number of benzene rings is 1. The molecule has 7 heteroatoms. The number of carbonyl (C=O) groups is 2. The molecule has 1 aromatic rings. The summed E-state index contributed by atoms with van der Waals surface area (Å²) >= 11 is 0. The molecule has 0 heterocycles. The summed E-state index contributed by atoms with van der Waals surface area (Å²) in [7, 11) is 1.33. The Bertz CT molecular complexity index is 473. The van der Waals surface area contributed by atoms with Crippen molar-refractivity contribution in [2.75, 3.05) is 13.7 Å². The molecule has 0 aliphatic rings. The molecule has 0 bridgehead atoms. The number of hydrogen-bond acceptors (Lipinski definition) is 5. The molecule has 0 aliphatic carbocycles. The average molecular weight is 269 g/mol. The van der Waals surface area contributed by atoms with Crippen molar-refractivity contribution in [2.24, 2.45) is 0 Å². The third-order valence-electron chi connectivity index (χ3n) is 2.39. The van der Waals surface area contributed by atoms with E-state index in [0.717, 1.165) is 0 Å². The van der Waals surface area contributed by atoms with E-state index in [1.165, 1.54) is 25.3 Å². The molecule has 0 saturated carbocycles. The topological polar surface area (TPSA) is 116 Å². The monoisotopic (exact) mass is 269 g/mol. The number of aromatic hydroxyl groups is 2. The van der Waals surface area contributed by atoms with E-state index in [1.54, 1.807) is 0 Å². The zero-order valence-corrected chi connectivity index (χ0v) is 10.3. The fourth-order valence-electron chi connectivity index (χ4n) is 1.50. The first kappa shape index (κ1) is 14.8. The highest BCUT2D eigenvalue weighted by Crippen LogP contribution is 2.25. The lowest BCUT2D eigenvalue weighted by molar-refractivity contribution is -0.142. The van der Waals surface area contributed by atoms with Crippen molar-refractivity contribution in [2.45, 2.75) is 12.5 Å². The van der Waals surface area contributed by atoms with Gasteiger partial charge in [0.2, 0.25) is 5.91 Å². The van der Waals surface area contributed by atoms with Gasteiger partial charge >= 0.3 is 5.97 Å². The van der Waals surface area contributed by atoms with E-state index in [1.807, 2.05) is 0 Å². The summed E-state index contributed by atoms with van der Waals surface area (Å²) in [5.41, 5.74) is 0.473. The van der Waals surface area contributed by atoms with Crippen molar-refractivity contribution in [3.63, 3.8) is 0 Å². The van der Waals surface area contributed by atoms with Crippen LogP contribution >= 0.6 is 0 Å². The molecule has 0 radical (unpaired) electrons. The molecule has 4 N–H and O–H groups in total. The molecule has 1 amide bonds. The number of nitrogens with one attached hydrogen (secondary N) is 1. The Morgan fingerprint density at radius 2 is 2.00 bits per heavy atom. The highest BCUT2D eigenvalue weighted by Gasteiger charge is 2.20. The van der Waals surface area contributed by atoms with Crippen molar-refractivity contribution in [3.05, 3.63) is 23.8 Å². The van der Waals surface area contributed by atoms with Gasteiger partial charge in [0, 0.05) is 13.5 Å². The number of ether oxygens (including phenoxy) is 1. The fraction of sp³-hybridized carbons (Fsp3) is 0.333. The number of rotatable bonds is 6. The van der Waals surface area contributed by atoms with Gasteiger partial charge in [0.05, 0.1) is 0 Å². The van der Waals surface area contributed by atoms with Crippen LogP contribution in [0.3, 0.4) is 0 Å². The highest BCUT2D eigenvalue weighted by atomic mass is 16.5. The molecule has 1 aromatic carbocycles. The summed E-state index contributed by atoms with van der Waals surface area (Å²) in [6, 6.07) is 2.83. The fourth-order valence-corrected chi connectivity index (χ4v) is 1.50. The van der Waals surface area contributed by atoms with Gasteiger partial charge in [-0.25, -0.2) is 4.79 Å². The maximum Gasteiger partial charge on any atom is 0.326 e. The summed E-state index contributed by atoms with van der Waals surface area (Å²) in [4.78, 5) is 22.3. The third-order valence-corrected chi connectivity index (χ3v) is 2.39. The number of carboxylic acids is 1. The van der Waals surface area contributed by atoms with E-state index in [-0.39, 0.29) is 24.5 Å². The second kappa shape index (κ2) is 6.60. The van der Waals surface area contributed by atoms with Crippen LogP contribution in [0.4, 0.5) is 0 Å². The first-order valence-corrected chi connectivity index (χ1v) is 5.46. The predicted octanol–water partition coefficient (Wildman–Crippen LogP) is -0.144. The van der Waals surface area contributed by atoms with E-state index in [0.29, 0.717) is 5.56 Å². The SMILES string of the molecule is COCC(=O)NC(Cc1ccc(O)c(O)c1)C(=O)O. The van der Waals surface area contributed by atoms with Gasteiger partial charge in [0.15, 0.2) is 11.5 Å². The van der Waals surface area contributed by atoms with Crippen molar-refractivity contribution in [1.82, 2.24) is 5.32 Å². The second-order valence-corrected chi connectivity index (χ2v) is 3.92. The Balaban J connectivity index is 2.75. The van der Waals surface area contributed by atoms with Crippen LogP contribution in [0.15, 0.2) is 18.2 Å². The first-order chi connectivity index (χ1) is 8.93. The zero-order valence-electron chi connectivity index (χ0n) is 10.3. The Labute approximate surface area is 109 Å². The molecule has 19 heavy (non-hydrogen) atoms. The number of hydrogen-bond donors (Lipinski definition) is 4. The van der Waals surface area contributed by atoms with Gasteiger partial charge in [-0.3, -0.25) is 4.79 Å². The van der Waals surface area contributed by atoms with Gasteiger partial charge in [-0.05, 0) is 17.7 Å².